The Bertz CT molecular complexity index is 155. The minimum Gasteiger partial charge on any atom is -0.316 e. The van der Waals surface area contributed by atoms with E-state index in [1.165, 1.54) is 51.6 Å². The van der Waals surface area contributed by atoms with Crippen molar-refractivity contribution in [2.75, 3.05) is 13.1 Å². The molecule has 0 bridgehead atoms. The number of hydrogen-bond donors (Lipinski definition) is 1. The Labute approximate surface area is 96.0 Å². The lowest BCUT2D eigenvalue weighted by Crippen LogP contribution is -2.33. The predicted octanol–water partition coefficient (Wildman–Crippen LogP) is 3.84. The molecule has 1 rings (SSSR count). The van der Waals surface area contributed by atoms with Crippen LogP contribution in [0.3, 0.4) is 0 Å². The zero-order chi connectivity index (χ0) is 11.1. The molecule has 3 atom stereocenters. The van der Waals surface area contributed by atoms with Crippen molar-refractivity contribution in [3.8, 4) is 0 Å². The first-order chi connectivity index (χ1) is 7.27. The Hall–Kier alpha value is -0.0400. The summed E-state index contributed by atoms with van der Waals surface area (Å²) in [6.45, 7) is 9.48. The van der Waals surface area contributed by atoms with E-state index >= 15 is 0 Å². The van der Waals surface area contributed by atoms with E-state index in [1.807, 2.05) is 0 Å². The highest BCUT2D eigenvalue weighted by Gasteiger charge is 2.27. The first kappa shape index (κ1) is 13.0. The molecule has 1 nitrogen and oxygen atoms in total. The van der Waals surface area contributed by atoms with Gasteiger partial charge >= 0.3 is 0 Å². The molecule has 0 aromatic carbocycles. The van der Waals surface area contributed by atoms with Gasteiger partial charge in [0.25, 0.3) is 0 Å². The van der Waals surface area contributed by atoms with E-state index in [4.69, 9.17) is 0 Å². The molecule has 0 heterocycles. The van der Waals surface area contributed by atoms with Crippen molar-refractivity contribution in [2.24, 2.45) is 17.8 Å². The molecule has 0 aliphatic heterocycles. The monoisotopic (exact) mass is 211 g/mol. The minimum absolute atomic E-state index is 0.965. The summed E-state index contributed by atoms with van der Waals surface area (Å²) in [5, 5.41) is 3.61. The van der Waals surface area contributed by atoms with E-state index in [0.29, 0.717) is 0 Å². The fraction of sp³-hybridized carbons (Fsp3) is 1.00. The first-order valence-corrected chi connectivity index (χ1v) is 6.98. The minimum atomic E-state index is 0.965. The number of nitrogens with one attached hydrogen (secondary N) is 1. The SMILES string of the molecule is CCCNCC1CCC(C)CC1CCC. The van der Waals surface area contributed by atoms with Crippen molar-refractivity contribution < 1.29 is 0 Å². The van der Waals surface area contributed by atoms with Crippen LogP contribution in [0.15, 0.2) is 0 Å². The zero-order valence-corrected chi connectivity index (χ0v) is 10.9. The summed E-state index contributed by atoms with van der Waals surface area (Å²) < 4.78 is 0. The molecular weight excluding hydrogens is 182 g/mol. The second-order valence-electron chi connectivity index (χ2n) is 5.43. The van der Waals surface area contributed by atoms with Gasteiger partial charge in [0.2, 0.25) is 0 Å². The fourth-order valence-corrected chi connectivity index (χ4v) is 3.02. The highest BCUT2D eigenvalue weighted by atomic mass is 14.9. The first-order valence-electron chi connectivity index (χ1n) is 6.98. The van der Waals surface area contributed by atoms with Crippen LogP contribution in [0.1, 0.15) is 59.3 Å². The molecular formula is C14H29N. The van der Waals surface area contributed by atoms with Gasteiger partial charge in [-0.05, 0) is 50.1 Å². The molecule has 90 valence electrons. The van der Waals surface area contributed by atoms with Crippen LogP contribution >= 0.6 is 0 Å². The van der Waals surface area contributed by atoms with Gasteiger partial charge in [0.15, 0.2) is 0 Å². The smallest absolute Gasteiger partial charge is 0.00179 e. The molecule has 0 amide bonds. The normalized spacial score (nSPS) is 31.8. The van der Waals surface area contributed by atoms with E-state index in [-0.39, 0.29) is 0 Å². The highest BCUT2D eigenvalue weighted by Crippen LogP contribution is 2.35. The Morgan fingerprint density at radius 1 is 1.07 bits per heavy atom. The summed E-state index contributed by atoms with van der Waals surface area (Å²) in [6, 6.07) is 0. The van der Waals surface area contributed by atoms with Crippen molar-refractivity contribution >= 4 is 0 Å². The average Bonchev–Trinajstić information content (AvgIpc) is 2.22. The van der Waals surface area contributed by atoms with Crippen molar-refractivity contribution in [1.29, 1.82) is 0 Å². The fourth-order valence-electron chi connectivity index (χ4n) is 3.02. The summed E-state index contributed by atoms with van der Waals surface area (Å²) in [7, 11) is 0. The van der Waals surface area contributed by atoms with Gasteiger partial charge in [0.05, 0.1) is 0 Å². The van der Waals surface area contributed by atoms with Crippen LogP contribution in [0.5, 0.6) is 0 Å². The van der Waals surface area contributed by atoms with Crippen molar-refractivity contribution in [2.45, 2.75) is 59.3 Å². The molecule has 0 spiro atoms. The predicted molar refractivity (Wildman–Crippen MR) is 68.1 cm³/mol. The lowest BCUT2D eigenvalue weighted by molar-refractivity contribution is 0.174. The van der Waals surface area contributed by atoms with Gasteiger partial charge < -0.3 is 5.32 Å². The number of hydrogen-bond acceptors (Lipinski definition) is 1. The molecule has 0 aromatic rings. The third kappa shape index (κ3) is 4.55. The van der Waals surface area contributed by atoms with E-state index in [9.17, 15) is 0 Å². The Morgan fingerprint density at radius 2 is 1.87 bits per heavy atom. The second-order valence-corrected chi connectivity index (χ2v) is 5.43. The van der Waals surface area contributed by atoms with E-state index in [1.54, 1.807) is 0 Å². The molecule has 3 unspecified atom stereocenters. The van der Waals surface area contributed by atoms with Crippen LogP contribution < -0.4 is 5.32 Å². The molecule has 1 N–H and O–H groups in total. The number of rotatable bonds is 6. The topological polar surface area (TPSA) is 12.0 Å². The second kappa shape index (κ2) is 7.27. The van der Waals surface area contributed by atoms with Crippen molar-refractivity contribution in [3.05, 3.63) is 0 Å². The van der Waals surface area contributed by atoms with Crippen LogP contribution in [0, 0.1) is 17.8 Å². The molecule has 1 heteroatoms. The largest absolute Gasteiger partial charge is 0.316 e. The van der Waals surface area contributed by atoms with Crippen LogP contribution in [-0.4, -0.2) is 13.1 Å². The maximum Gasteiger partial charge on any atom is -0.00179 e. The lowest BCUT2D eigenvalue weighted by atomic mass is 9.73. The maximum atomic E-state index is 3.61. The Kier molecular flexibility index (Phi) is 6.31. The average molecular weight is 211 g/mol. The molecule has 1 fully saturated rings. The summed E-state index contributed by atoms with van der Waals surface area (Å²) in [5.41, 5.74) is 0. The van der Waals surface area contributed by atoms with E-state index in [0.717, 1.165) is 17.8 Å². The summed E-state index contributed by atoms with van der Waals surface area (Å²) >= 11 is 0. The van der Waals surface area contributed by atoms with Gasteiger partial charge in [-0.25, -0.2) is 0 Å². The van der Waals surface area contributed by atoms with Crippen LogP contribution in [0.25, 0.3) is 0 Å². The summed E-state index contributed by atoms with van der Waals surface area (Å²) in [4.78, 5) is 0. The third-order valence-electron chi connectivity index (χ3n) is 3.89. The standard InChI is InChI=1S/C14H29N/c1-4-6-13-10-12(3)7-8-14(13)11-15-9-5-2/h12-15H,4-11H2,1-3H3. The van der Waals surface area contributed by atoms with Gasteiger partial charge in [0.1, 0.15) is 0 Å². The zero-order valence-electron chi connectivity index (χ0n) is 10.9. The molecule has 0 aromatic heterocycles. The molecule has 15 heavy (non-hydrogen) atoms. The summed E-state index contributed by atoms with van der Waals surface area (Å²) in [5.74, 6) is 2.94. The van der Waals surface area contributed by atoms with E-state index < -0.39 is 0 Å². The van der Waals surface area contributed by atoms with Gasteiger partial charge in [-0.2, -0.15) is 0 Å². The summed E-state index contributed by atoms with van der Waals surface area (Å²) in [6.07, 6.45) is 8.47. The van der Waals surface area contributed by atoms with Gasteiger partial charge in [-0.15, -0.1) is 0 Å². The van der Waals surface area contributed by atoms with E-state index in [2.05, 4.69) is 26.1 Å². The van der Waals surface area contributed by atoms with Crippen LogP contribution in [0.4, 0.5) is 0 Å². The molecule has 1 saturated carbocycles. The molecule has 1 aliphatic carbocycles. The van der Waals surface area contributed by atoms with Gasteiger partial charge in [0, 0.05) is 0 Å². The highest BCUT2D eigenvalue weighted by molar-refractivity contribution is 4.79. The van der Waals surface area contributed by atoms with Crippen LogP contribution in [0.2, 0.25) is 0 Å². The quantitative estimate of drug-likeness (QED) is 0.658. The Morgan fingerprint density at radius 3 is 2.53 bits per heavy atom. The molecule has 1 aliphatic rings. The van der Waals surface area contributed by atoms with Gasteiger partial charge in [-0.3, -0.25) is 0 Å². The molecule has 0 radical (unpaired) electrons. The Balaban J connectivity index is 2.31. The van der Waals surface area contributed by atoms with Gasteiger partial charge in [-0.1, -0.05) is 40.0 Å². The lowest BCUT2D eigenvalue weighted by Gasteiger charge is -2.35. The maximum absolute atomic E-state index is 3.61. The van der Waals surface area contributed by atoms with Crippen molar-refractivity contribution in [3.63, 3.8) is 0 Å². The molecule has 0 saturated heterocycles. The van der Waals surface area contributed by atoms with Crippen molar-refractivity contribution in [1.82, 2.24) is 5.32 Å². The third-order valence-corrected chi connectivity index (χ3v) is 3.89. The van der Waals surface area contributed by atoms with Crippen LogP contribution in [-0.2, 0) is 0 Å².